The Kier molecular flexibility index (Phi) is 4.94. The van der Waals surface area contributed by atoms with Crippen LogP contribution in [0.4, 0.5) is 11.4 Å². The number of halogens is 2. The maximum atomic E-state index is 6.06. The van der Waals surface area contributed by atoms with Crippen molar-refractivity contribution < 1.29 is 4.74 Å². The number of hydrogen-bond donors (Lipinski definition) is 1. The van der Waals surface area contributed by atoms with Gasteiger partial charge in [0.25, 0.3) is 0 Å². The number of ether oxygens (including phenoxy) is 1. The smallest absolute Gasteiger partial charge is 0.176 e. The predicted molar refractivity (Wildman–Crippen MR) is 105 cm³/mol. The molecule has 26 heavy (non-hydrogen) atoms. The lowest BCUT2D eigenvalue weighted by Crippen LogP contribution is -2.51. The van der Waals surface area contributed by atoms with Crippen LogP contribution in [0.5, 0.6) is 0 Å². The number of para-hydroxylation sites is 2. The van der Waals surface area contributed by atoms with Gasteiger partial charge in [0.1, 0.15) is 5.54 Å². The molecule has 5 nitrogen and oxygen atoms in total. The van der Waals surface area contributed by atoms with Crippen molar-refractivity contribution in [2.24, 2.45) is 15.2 Å². The van der Waals surface area contributed by atoms with Gasteiger partial charge in [-0.1, -0.05) is 41.4 Å². The molecule has 1 saturated heterocycles. The van der Waals surface area contributed by atoms with E-state index in [0.29, 0.717) is 35.6 Å². The molecule has 0 amide bonds. The summed E-state index contributed by atoms with van der Waals surface area (Å²) in [5.41, 5.74) is 2.54. The van der Waals surface area contributed by atoms with Crippen molar-refractivity contribution in [3.63, 3.8) is 0 Å². The Bertz CT molecular complexity index is 876. The van der Waals surface area contributed by atoms with Crippen molar-refractivity contribution in [2.75, 3.05) is 18.5 Å². The molecule has 134 valence electrons. The molecule has 1 N–H and O–H groups in total. The molecule has 2 aliphatic heterocycles. The lowest BCUT2D eigenvalue weighted by atomic mass is 9.87. The average molecular weight is 389 g/mol. The zero-order valence-corrected chi connectivity index (χ0v) is 15.6. The maximum absolute atomic E-state index is 6.06. The van der Waals surface area contributed by atoms with Gasteiger partial charge < -0.3 is 10.1 Å². The summed E-state index contributed by atoms with van der Waals surface area (Å²) in [5, 5.41) is 13.5. The van der Waals surface area contributed by atoms with E-state index in [1.165, 1.54) is 0 Å². The fourth-order valence-corrected chi connectivity index (χ4v) is 3.54. The molecule has 7 heteroatoms. The molecule has 1 fully saturated rings. The van der Waals surface area contributed by atoms with Crippen LogP contribution < -0.4 is 5.32 Å². The fourth-order valence-electron chi connectivity index (χ4n) is 3.22. The summed E-state index contributed by atoms with van der Waals surface area (Å²) in [6.07, 6.45) is 1.62. The van der Waals surface area contributed by atoms with Crippen LogP contribution in [0.25, 0.3) is 0 Å². The summed E-state index contributed by atoms with van der Waals surface area (Å²) in [6, 6.07) is 13.5. The number of amidine groups is 1. The maximum Gasteiger partial charge on any atom is 0.176 e. The molecule has 0 radical (unpaired) electrons. The fraction of sp³-hybridized carbons (Fsp3) is 0.316. The number of nitrogens with one attached hydrogen (secondary N) is 1. The first kappa shape index (κ1) is 17.5. The molecule has 0 unspecified atom stereocenters. The molecule has 0 bridgehead atoms. The van der Waals surface area contributed by atoms with Crippen LogP contribution in [0.3, 0.4) is 0 Å². The minimum atomic E-state index is -0.326. The van der Waals surface area contributed by atoms with Crippen molar-refractivity contribution in [3.05, 3.63) is 58.1 Å². The van der Waals surface area contributed by atoms with E-state index in [1.807, 2.05) is 36.4 Å². The number of azo groups is 1. The first-order valence-corrected chi connectivity index (χ1v) is 9.27. The van der Waals surface area contributed by atoms with Crippen LogP contribution in [0.1, 0.15) is 18.4 Å². The molecule has 0 saturated carbocycles. The van der Waals surface area contributed by atoms with E-state index in [2.05, 4.69) is 15.5 Å². The number of nitrogens with zero attached hydrogens (tertiary/aromatic N) is 3. The molecule has 4 rings (SSSR count). The highest BCUT2D eigenvalue weighted by atomic mass is 35.5. The average Bonchev–Trinajstić information content (AvgIpc) is 2.66. The van der Waals surface area contributed by atoms with E-state index < -0.39 is 0 Å². The van der Waals surface area contributed by atoms with Crippen LogP contribution in [0.2, 0.25) is 10.0 Å². The van der Waals surface area contributed by atoms with Gasteiger partial charge in [-0.3, -0.25) is 0 Å². The first-order valence-electron chi connectivity index (χ1n) is 8.52. The molecule has 0 aromatic heterocycles. The normalized spacial score (nSPS) is 18.5. The molecule has 2 aliphatic rings. The van der Waals surface area contributed by atoms with E-state index in [1.54, 1.807) is 6.07 Å². The molecular formula is C19H18Cl2N4O. The summed E-state index contributed by atoms with van der Waals surface area (Å²) in [7, 11) is 0. The Morgan fingerprint density at radius 3 is 2.69 bits per heavy atom. The zero-order valence-electron chi connectivity index (χ0n) is 14.1. The molecule has 0 aliphatic carbocycles. The van der Waals surface area contributed by atoms with E-state index in [4.69, 9.17) is 32.9 Å². The highest BCUT2D eigenvalue weighted by Crippen LogP contribution is 2.38. The van der Waals surface area contributed by atoms with Crippen LogP contribution in [0.15, 0.2) is 57.7 Å². The number of rotatable bonds is 2. The molecular weight excluding hydrogens is 371 g/mol. The quantitative estimate of drug-likeness (QED) is 0.675. The number of hydrogen-bond acceptors (Lipinski definition) is 5. The van der Waals surface area contributed by atoms with Crippen LogP contribution in [-0.2, 0) is 11.3 Å². The number of aliphatic imine (C=N–C) groups is 1. The number of fused-ring (bicyclic) bond motifs is 1. The highest BCUT2D eigenvalue weighted by molar-refractivity contribution is 6.42. The standard InChI is InChI=1S/C19H18Cl2N4O/c20-14-6-5-13(11-15(14)21)12-22-25-18-19(7-9-26-10-8-19)24-17-4-2-1-3-16(17)23-18/h1-6,11,24H,7-10,12H2. The number of benzene rings is 2. The Hall–Kier alpha value is -1.95. The van der Waals surface area contributed by atoms with Gasteiger partial charge in [-0.15, -0.1) is 5.11 Å². The summed E-state index contributed by atoms with van der Waals surface area (Å²) in [5.74, 6) is 0.708. The van der Waals surface area contributed by atoms with Gasteiger partial charge in [-0.2, -0.15) is 5.11 Å². The van der Waals surface area contributed by atoms with Crippen LogP contribution >= 0.6 is 23.2 Å². The third kappa shape index (κ3) is 3.47. The van der Waals surface area contributed by atoms with Gasteiger partial charge in [0.15, 0.2) is 5.84 Å². The van der Waals surface area contributed by atoms with E-state index in [0.717, 1.165) is 29.8 Å². The van der Waals surface area contributed by atoms with Crippen LogP contribution in [-0.4, -0.2) is 24.6 Å². The minimum Gasteiger partial charge on any atom is -0.381 e. The highest BCUT2D eigenvalue weighted by Gasteiger charge is 2.41. The van der Waals surface area contributed by atoms with Crippen molar-refractivity contribution in [2.45, 2.75) is 24.9 Å². The second-order valence-electron chi connectivity index (χ2n) is 6.42. The van der Waals surface area contributed by atoms with Gasteiger partial charge in [0.05, 0.1) is 28.0 Å². The topological polar surface area (TPSA) is 58.3 Å². The van der Waals surface area contributed by atoms with Gasteiger partial charge in [-0.05, 0) is 29.8 Å². The third-order valence-corrected chi connectivity index (χ3v) is 5.42. The molecule has 2 heterocycles. The minimum absolute atomic E-state index is 0.326. The molecule has 1 spiro atoms. The van der Waals surface area contributed by atoms with E-state index >= 15 is 0 Å². The summed E-state index contributed by atoms with van der Waals surface area (Å²) in [6.45, 7) is 1.77. The first-order chi connectivity index (χ1) is 12.7. The third-order valence-electron chi connectivity index (χ3n) is 4.68. The monoisotopic (exact) mass is 388 g/mol. The van der Waals surface area contributed by atoms with Crippen molar-refractivity contribution in [1.82, 2.24) is 0 Å². The zero-order chi connectivity index (χ0) is 18.0. The Balaban J connectivity index is 1.61. The summed E-state index contributed by atoms with van der Waals surface area (Å²) in [4.78, 5) is 4.78. The summed E-state index contributed by atoms with van der Waals surface area (Å²) >= 11 is 12.0. The Morgan fingerprint density at radius 2 is 1.88 bits per heavy atom. The Morgan fingerprint density at radius 1 is 1.08 bits per heavy atom. The van der Waals surface area contributed by atoms with E-state index in [-0.39, 0.29) is 5.54 Å². The second-order valence-corrected chi connectivity index (χ2v) is 7.23. The van der Waals surface area contributed by atoms with E-state index in [9.17, 15) is 0 Å². The molecule has 2 aromatic carbocycles. The summed E-state index contributed by atoms with van der Waals surface area (Å²) < 4.78 is 5.54. The lowest BCUT2D eigenvalue weighted by molar-refractivity contribution is 0.0776. The predicted octanol–water partition coefficient (Wildman–Crippen LogP) is 5.65. The second kappa shape index (κ2) is 7.35. The van der Waals surface area contributed by atoms with Crippen molar-refractivity contribution >= 4 is 40.4 Å². The van der Waals surface area contributed by atoms with Crippen LogP contribution in [0, 0.1) is 0 Å². The van der Waals surface area contributed by atoms with Gasteiger partial charge in [0.2, 0.25) is 0 Å². The lowest BCUT2D eigenvalue weighted by Gasteiger charge is -2.40. The molecule has 0 atom stereocenters. The van der Waals surface area contributed by atoms with Gasteiger partial charge >= 0.3 is 0 Å². The Labute approximate surface area is 162 Å². The van der Waals surface area contributed by atoms with Gasteiger partial charge in [0, 0.05) is 26.1 Å². The SMILES string of the molecule is Clc1ccc(CN=NC2=Nc3ccccc3NC23CCOCC3)cc1Cl. The molecule has 2 aromatic rings. The van der Waals surface area contributed by atoms with Crippen molar-refractivity contribution in [3.8, 4) is 0 Å². The van der Waals surface area contributed by atoms with Crippen molar-refractivity contribution in [1.29, 1.82) is 0 Å². The largest absolute Gasteiger partial charge is 0.381 e. The van der Waals surface area contributed by atoms with Gasteiger partial charge in [-0.25, -0.2) is 4.99 Å². The number of anilines is 1.